The van der Waals surface area contributed by atoms with Crippen molar-refractivity contribution in [2.24, 2.45) is 0 Å². The Morgan fingerprint density at radius 1 is 0.372 bits per heavy atom. The van der Waals surface area contributed by atoms with Gasteiger partial charge in [0.1, 0.15) is 71.2 Å². The Morgan fingerprint density at radius 3 is 0.910 bits per heavy atom. The molecule has 0 aliphatic rings. The lowest BCUT2D eigenvalue weighted by molar-refractivity contribution is -0.790. The quantitative estimate of drug-likeness (QED) is 0.0485. The smallest absolute Gasteiger partial charge is 0.294 e. The average Bonchev–Trinajstić information content (AvgIpc) is 3.30. The Kier molecular flexibility index (Phi) is 85.0. The van der Waals surface area contributed by atoms with Crippen LogP contribution in [0, 0.1) is 111 Å². The molecule has 0 rings (SSSR count). The molecule has 49 heteroatoms. The van der Waals surface area contributed by atoms with Gasteiger partial charge in [-0.3, -0.25) is 0 Å². The maximum absolute atomic E-state index is 9.88. The van der Waals surface area contributed by atoms with Crippen LogP contribution in [0.4, 0.5) is 0 Å². The van der Waals surface area contributed by atoms with Crippen molar-refractivity contribution in [1.82, 2.24) is 0 Å². The van der Waals surface area contributed by atoms with Gasteiger partial charge in [-0.05, 0) is 25.2 Å². The van der Waals surface area contributed by atoms with E-state index in [-0.39, 0.29) is 68.3 Å². The largest absolute Gasteiger partial charge is 0.382 e. The van der Waals surface area contributed by atoms with E-state index in [2.05, 4.69) is 62.7 Å². The molecule has 468 valence electrons. The van der Waals surface area contributed by atoms with E-state index in [1.807, 2.05) is 20.1 Å². The van der Waals surface area contributed by atoms with E-state index < -0.39 is 119 Å². The number of ether oxygens (including phenoxy) is 2. The van der Waals surface area contributed by atoms with Crippen LogP contribution in [0.1, 0.15) is 56.9 Å². The van der Waals surface area contributed by atoms with Crippen molar-refractivity contribution < 1.29 is 119 Å². The first-order valence-corrected chi connectivity index (χ1v) is 22.8. The first-order valence-electron chi connectivity index (χ1n) is 18.7. The van der Waals surface area contributed by atoms with Crippen LogP contribution >= 0.6 is 35.3 Å². The van der Waals surface area contributed by atoms with Gasteiger partial charge in [0, 0.05) is 25.7 Å². The van der Waals surface area contributed by atoms with Crippen LogP contribution in [0.5, 0.6) is 0 Å². The van der Waals surface area contributed by atoms with E-state index in [1.54, 1.807) is 19.4 Å². The lowest BCUT2D eigenvalue weighted by Crippen LogP contribution is -2.28. The molecule has 3 unspecified atom stereocenters. The molecule has 0 aromatic carbocycles. The monoisotopic (exact) mass is 1230 g/mol. The van der Waals surface area contributed by atoms with Crippen molar-refractivity contribution in [1.29, 1.82) is 0 Å². The van der Waals surface area contributed by atoms with Gasteiger partial charge in [-0.15, -0.1) is 111 Å². The number of rotatable bonds is 38. The highest BCUT2D eigenvalue weighted by Crippen LogP contribution is 2.07. The van der Waals surface area contributed by atoms with Gasteiger partial charge in [0.2, 0.25) is 0 Å². The van der Waals surface area contributed by atoms with Crippen molar-refractivity contribution in [3.05, 3.63) is 111 Å². The molecule has 3 atom stereocenters. The molecule has 0 saturated carbocycles. The summed E-state index contributed by atoms with van der Waals surface area (Å²) in [5, 5.41) is 95.7. The second-order valence-electron chi connectivity index (χ2n) is 10.6. The van der Waals surface area contributed by atoms with Crippen LogP contribution in [-0.2, 0) is 62.7 Å². The number of nitrogens with zero attached hydrogens (tertiary/aromatic N) is 11. The number of hydrogen-bond donors (Lipinski definition) is 0. The van der Waals surface area contributed by atoms with Gasteiger partial charge in [-0.25, -0.2) is 0 Å². The summed E-state index contributed by atoms with van der Waals surface area (Å²) in [6.45, 7) is 2.97. The van der Waals surface area contributed by atoms with E-state index >= 15 is 0 Å². The van der Waals surface area contributed by atoms with Gasteiger partial charge < -0.3 is 62.7 Å². The van der Waals surface area contributed by atoms with Gasteiger partial charge in [-0.2, -0.15) is 35.3 Å². The van der Waals surface area contributed by atoms with Crippen LogP contribution in [0.2, 0.25) is 0 Å². The van der Waals surface area contributed by atoms with Crippen molar-refractivity contribution in [3.8, 4) is 0 Å². The Labute approximate surface area is 455 Å². The minimum atomic E-state index is -1.09. The molecule has 0 radical (unpaired) electrons. The molecule has 0 bridgehead atoms. The Hall–Kier alpha value is -7.83. The molecular weight excluding hydrogens is 1160 g/mol. The van der Waals surface area contributed by atoms with Gasteiger partial charge >= 0.3 is 0 Å². The normalized spacial score (nSPS) is 9.92. The molecule has 0 aromatic heterocycles. The third kappa shape index (κ3) is 97.5. The predicted molar refractivity (Wildman–Crippen MR) is 264 cm³/mol. The van der Waals surface area contributed by atoms with E-state index in [9.17, 15) is 111 Å². The van der Waals surface area contributed by atoms with Crippen LogP contribution in [-0.4, -0.2) is 190 Å². The predicted octanol–water partition coefficient (Wildman–Crippen LogP) is 3.42. The zero-order valence-electron chi connectivity index (χ0n) is 39.8. The maximum atomic E-state index is 9.88. The first-order chi connectivity index (χ1) is 34.6. The van der Waals surface area contributed by atoms with Crippen LogP contribution < -0.4 is 0 Å². The van der Waals surface area contributed by atoms with Gasteiger partial charge in [0.25, 0.3) is 56.0 Å². The third-order valence-electron chi connectivity index (χ3n) is 5.58. The number of thioether (sulfide) groups is 3. The van der Waals surface area contributed by atoms with Crippen molar-refractivity contribution in [2.75, 3.05) is 104 Å². The van der Waals surface area contributed by atoms with E-state index in [1.165, 1.54) is 49.5 Å². The van der Waals surface area contributed by atoms with Crippen LogP contribution in [0.25, 0.3) is 0 Å². The highest BCUT2D eigenvalue weighted by Gasteiger charge is 2.17. The minimum Gasteiger partial charge on any atom is -0.382 e. The van der Waals surface area contributed by atoms with Crippen molar-refractivity contribution in [2.45, 2.75) is 86.6 Å². The van der Waals surface area contributed by atoms with Crippen LogP contribution in [0.3, 0.4) is 0 Å². The van der Waals surface area contributed by atoms with Crippen molar-refractivity contribution >= 4 is 35.3 Å². The summed E-state index contributed by atoms with van der Waals surface area (Å²) in [6.07, 6.45) is 1.76. The molecule has 0 N–H and O–H groups in total. The molecule has 0 spiro atoms. The topological polar surface area (TPSA) is 595 Å². The third-order valence-corrected chi connectivity index (χ3v) is 7.80. The Morgan fingerprint density at radius 2 is 0.654 bits per heavy atom. The summed E-state index contributed by atoms with van der Waals surface area (Å²) >= 11 is 3.98. The standard InChI is InChI=1S/2C4H8N2O7.2C4H8N2O6S.C4H8N2O6.C3H7NO3S.C2H6.4CH4/c1-11-4(2-12-5(7)8)3-13-6(9)10;1-11-2-4(13-6(9)10)3-12-5(7)8;1-13-3-4(12-6(9)10)2-11-5(7)8;1-13-4(2-11-5(7)8)3-12-6(9)10;1-2-4(12-6(9)10)3-11-5(7)8;1-8-3-2-7-4(5)6;1-2;;;;/h4*4H,2-3H2,1H3;4H,2-3H2,1H3;2-3H2,1H3;1-2H3;4*1H4. The van der Waals surface area contributed by atoms with Crippen molar-refractivity contribution in [3.63, 3.8) is 0 Å². The van der Waals surface area contributed by atoms with E-state index in [4.69, 9.17) is 0 Å². The molecule has 0 aliphatic carbocycles. The van der Waals surface area contributed by atoms with Crippen LogP contribution in [0.15, 0.2) is 0 Å². The lowest BCUT2D eigenvalue weighted by atomic mass is 10.3. The summed E-state index contributed by atoms with van der Waals surface area (Å²) in [6, 6.07) is 0. The van der Waals surface area contributed by atoms with E-state index in [0.29, 0.717) is 5.75 Å². The molecule has 0 fully saturated rings. The lowest BCUT2D eigenvalue weighted by Gasteiger charge is -2.11. The van der Waals surface area contributed by atoms with Gasteiger partial charge in [-0.1, -0.05) is 50.5 Å². The Balaban J connectivity index is -0.0000000758. The maximum Gasteiger partial charge on any atom is 0.294 e. The molecule has 0 amide bonds. The summed E-state index contributed by atoms with van der Waals surface area (Å²) in [4.78, 5) is 151. The van der Waals surface area contributed by atoms with Gasteiger partial charge in [0.15, 0.2) is 6.10 Å². The highest BCUT2D eigenvalue weighted by molar-refractivity contribution is 7.99. The first kappa shape index (κ1) is 95.9. The zero-order chi connectivity index (χ0) is 59.0. The summed E-state index contributed by atoms with van der Waals surface area (Å²) < 4.78 is 9.10. The highest BCUT2D eigenvalue weighted by atomic mass is 32.2. The van der Waals surface area contributed by atoms with E-state index in [0.717, 1.165) is 0 Å². The molecule has 0 aliphatic heterocycles. The molecule has 46 nitrogen and oxygen atoms in total. The minimum absolute atomic E-state index is 0. The van der Waals surface area contributed by atoms with Gasteiger partial charge in [0.05, 0.1) is 11.9 Å². The fourth-order valence-electron chi connectivity index (χ4n) is 2.75. The Bertz CT molecular complexity index is 1440. The fraction of sp³-hybridized carbons (Fsp3) is 1.00. The zero-order valence-corrected chi connectivity index (χ0v) is 42.3. The fourth-order valence-corrected chi connectivity index (χ4v) is 3.91. The molecule has 78 heavy (non-hydrogen) atoms. The SMILES string of the molecule is C.C.C.C.CC.CCC(CO[N+](=O)[O-])O[N+](=O)[O-].COC(CO[N+](=O)[O-])CO[N+](=O)[O-].COCC(CO[N+](=O)[O-])O[N+](=O)[O-].CSC(CO[N+](=O)[O-])CO[N+](=O)[O-].CSCC(CO[N+](=O)[O-])O[N+](=O)[O-].CSCCO[N+](=O)[O-]. The molecular formula is C29H69N11O35S3. The molecule has 0 saturated heterocycles. The average molecular weight is 1230 g/mol. The molecule has 0 heterocycles. The summed E-state index contributed by atoms with van der Waals surface area (Å²) in [7, 11) is 2.51. The second-order valence-corrected chi connectivity index (χ2v) is 13.6. The number of hydrogen-bond acceptors (Lipinski definition) is 38. The molecule has 0 aromatic rings. The summed E-state index contributed by atoms with van der Waals surface area (Å²) in [5.74, 6) is 0.926. The summed E-state index contributed by atoms with van der Waals surface area (Å²) in [5.41, 5.74) is 0. The second kappa shape index (κ2) is 69.2. The number of methoxy groups -OCH3 is 2.